The number of benzene rings is 1. The van der Waals surface area contributed by atoms with E-state index in [1.807, 2.05) is 0 Å². The van der Waals surface area contributed by atoms with Gasteiger partial charge in [0.2, 0.25) is 0 Å². The standard InChI is InChI=1S/C11H13ClFNO4/c12-9-3-7(13)1-2-10(9)18-6-11(17)14-4-8(16)5-15/h1-3,8,15-16H,4-6H2,(H,14,17). The van der Waals surface area contributed by atoms with Crippen molar-refractivity contribution < 1.29 is 24.1 Å². The molecule has 0 saturated heterocycles. The van der Waals surface area contributed by atoms with Gasteiger partial charge < -0.3 is 20.3 Å². The van der Waals surface area contributed by atoms with E-state index in [-0.39, 0.29) is 23.9 Å². The zero-order chi connectivity index (χ0) is 13.5. The van der Waals surface area contributed by atoms with Crippen LogP contribution in [0.5, 0.6) is 5.75 Å². The third-order valence-electron chi connectivity index (χ3n) is 2.00. The molecular weight excluding hydrogens is 265 g/mol. The summed E-state index contributed by atoms with van der Waals surface area (Å²) in [6.07, 6.45) is -1.01. The Balaban J connectivity index is 2.38. The Morgan fingerprint density at radius 2 is 2.28 bits per heavy atom. The summed E-state index contributed by atoms with van der Waals surface area (Å²) in [5, 5.41) is 19.9. The van der Waals surface area contributed by atoms with E-state index in [1.165, 1.54) is 6.07 Å². The number of aliphatic hydroxyl groups is 2. The van der Waals surface area contributed by atoms with Gasteiger partial charge in [-0.25, -0.2) is 4.39 Å². The lowest BCUT2D eigenvalue weighted by molar-refractivity contribution is -0.123. The van der Waals surface area contributed by atoms with E-state index in [9.17, 15) is 9.18 Å². The molecule has 0 radical (unpaired) electrons. The molecule has 0 fully saturated rings. The smallest absolute Gasteiger partial charge is 0.258 e. The maximum atomic E-state index is 12.7. The number of carbonyl (C=O) groups excluding carboxylic acids is 1. The molecule has 1 aromatic rings. The topological polar surface area (TPSA) is 78.8 Å². The van der Waals surface area contributed by atoms with Crippen LogP contribution in [-0.4, -0.2) is 42.0 Å². The molecule has 100 valence electrons. The molecule has 0 aliphatic carbocycles. The molecule has 1 aromatic carbocycles. The molecule has 18 heavy (non-hydrogen) atoms. The maximum absolute atomic E-state index is 12.7. The van der Waals surface area contributed by atoms with Gasteiger partial charge in [0.05, 0.1) is 17.7 Å². The van der Waals surface area contributed by atoms with Gasteiger partial charge in [0.25, 0.3) is 5.91 Å². The molecule has 0 heterocycles. The Hall–Kier alpha value is -1.37. The van der Waals surface area contributed by atoms with Crippen molar-refractivity contribution in [1.82, 2.24) is 5.32 Å². The molecule has 0 aliphatic heterocycles. The van der Waals surface area contributed by atoms with E-state index in [0.29, 0.717) is 0 Å². The van der Waals surface area contributed by atoms with Gasteiger partial charge in [-0.1, -0.05) is 11.6 Å². The molecule has 7 heteroatoms. The summed E-state index contributed by atoms with van der Waals surface area (Å²) < 4.78 is 17.8. The van der Waals surface area contributed by atoms with Crippen molar-refractivity contribution in [2.45, 2.75) is 6.10 Å². The number of hydrogen-bond acceptors (Lipinski definition) is 4. The SMILES string of the molecule is O=C(COc1ccc(F)cc1Cl)NCC(O)CO. The molecule has 0 aromatic heterocycles. The van der Waals surface area contributed by atoms with Crippen LogP contribution in [0.15, 0.2) is 18.2 Å². The molecular formula is C11H13ClFNO4. The lowest BCUT2D eigenvalue weighted by atomic mass is 10.3. The van der Waals surface area contributed by atoms with Crippen molar-refractivity contribution in [3.05, 3.63) is 29.0 Å². The van der Waals surface area contributed by atoms with E-state index in [0.717, 1.165) is 12.1 Å². The summed E-state index contributed by atoms with van der Waals surface area (Å²) in [7, 11) is 0. The number of aliphatic hydroxyl groups excluding tert-OH is 2. The van der Waals surface area contributed by atoms with Gasteiger partial charge in [0.15, 0.2) is 6.61 Å². The van der Waals surface area contributed by atoms with Gasteiger partial charge in [-0.3, -0.25) is 4.79 Å². The predicted molar refractivity (Wildman–Crippen MR) is 63.0 cm³/mol. The highest BCUT2D eigenvalue weighted by atomic mass is 35.5. The van der Waals surface area contributed by atoms with Crippen molar-refractivity contribution in [3.8, 4) is 5.75 Å². The van der Waals surface area contributed by atoms with Gasteiger partial charge in [0.1, 0.15) is 11.6 Å². The van der Waals surface area contributed by atoms with Crippen molar-refractivity contribution in [2.75, 3.05) is 19.8 Å². The Labute approximate surface area is 108 Å². The van der Waals surface area contributed by atoms with Crippen LogP contribution >= 0.6 is 11.6 Å². The quantitative estimate of drug-likeness (QED) is 0.700. The van der Waals surface area contributed by atoms with Crippen LogP contribution in [0.4, 0.5) is 4.39 Å². The summed E-state index contributed by atoms with van der Waals surface area (Å²) in [5.41, 5.74) is 0. The largest absolute Gasteiger partial charge is 0.482 e. The van der Waals surface area contributed by atoms with E-state index >= 15 is 0 Å². The Morgan fingerprint density at radius 1 is 1.56 bits per heavy atom. The number of ether oxygens (including phenoxy) is 1. The van der Waals surface area contributed by atoms with Gasteiger partial charge >= 0.3 is 0 Å². The van der Waals surface area contributed by atoms with Crippen LogP contribution in [0.25, 0.3) is 0 Å². The van der Waals surface area contributed by atoms with E-state index in [2.05, 4.69) is 5.32 Å². The Bertz CT molecular complexity index is 416. The highest BCUT2D eigenvalue weighted by molar-refractivity contribution is 6.32. The van der Waals surface area contributed by atoms with Crippen LogP contribution in [-0.2, 0) is 4.79 Å². The number of halogens is 2. The highest BCUT2D eigenvalue weighted by Crippen LogP contribution is 2.24. The molecule has 0 saturated carbocycles. The van der Waals surface area contributed by atoms with Gasteiger partial charge in [-0.2, -0.15) is 0 Å². The third-order valence-corrected chi connectivity index (χ3v) is 2.29. The van der Waals surface area contributed by atoms with Crippen molar-refractivity contribution in [2.24, 2.45) is 0 Å². The van der Waals surface area contributed by atoms with E-state index in [1.54, 1.807) is 0 Å². The fourth-order valence-electron chi connectivity index (χ4n) is 1.08. The van der Waals surface area contributed by atoms with E-state index < -0.39 is 24.4 Å². The first-order valence-corrected chi connectivity index (χ1v) is 5.54. The minimum absolute atomic E-state index is 0.0678. The zero-order valence-corrected chi connectivity index (χ0v) is 10.2. The second kappa shape index (κ2) is 7.15. The van der Waals surface area contributed by atoms with Crippen LogP contribution in [0.1, 0.15) is 0 Å². The Kier molecular flexibility index (Phi) is 5.84. The number of nitrogens with one attached hydrogen (secondary N) is 1. The van der Waals surface area contributed by atoms with Gasteiger partial charge in [-0.15, -0.1) is 0 Å². The van der Waals surface area contributed by atoms with Crippen LogP contribution < -0.4 is 10.1 Å². The second-order valence-corrected chi connectivity index (χ2v) is 3.91. The van der Waals surface area contributed by atoms with Gasteiger partial charge in [0, 0.05) is 6.54 Å². The zero-order valence-electron chi connectivity index (χ0n) is 9.40. The summed E-state index contributed by atoms with van der Waals surface area (Å²) >= 11 is 5.69. The van der Waals surface area contributed by atoms with E-state index in [4.69, 9.17) is 26.6 Å². The third kappa shape index (κ3) is 4.87. The summed E-state index contributed by atoms with van der Waals surface area (Å²) in [6.45, 7) is -0.829. The van der Waals surface area contributed by atoms with Crippen molar-refractivity contribution in [1.29, 1.82) is 0 Å². The number of hydrogen-bond donors (Lipinski definition) is 3. The lowest BCUT2D eigenvalue weighted by Gasteiger charge is -2.10. The van der Waals surface area contributed by atoms with Crippen LogP contribution in [0, 0.1) is 5.82 Å². The molecule has 1 atom stereocenters. The molecule has 0 spiro atoms. The normalized spacial score (nSPS) is 12.0. The molecule has 1 rings (SSSR count). The highest BCUT2D eigenvalue weighted by Gasteiger charge is 2.08. The summed E-state index contributed by atoms with van der Waals surface area (Å²) in [4.78, 5) is 11.3. The number of rotatable bonds is 6. The van der Waals surface area contributed by atoms with Gasteiger partial charge in [-0.05, 0) is 18.2 Å². The van der Waals surface area contributed by atoms with Crippen molar-refractivity contribution >= 4 is 17.5 Å². The van der Waals surface area contributed by atoms with Crippen molar-refractivity contribution in [3.63, 3.8) is 0 Å². The minimum Gasteiger partial charge on any atom is -0.482 e. The fraction of sp³-hybridized carbons (Fsp3) is 0.364. The number of amides is 1. The fourth-order valence-corrected chi connectivity index (χ4v) is 1.30. The first kappa shape index (κ1) is 14.7. The van der Waals surface area contributed by atoms with Crippen LogP contribution in [0.2, 0.25) is 5.02 Å². The average Bonchev–Trinajstić information content (AvgIpc) is 2.34. The molecule has 0 aliphatic rings. The van der Waals surface area contributed by atoms with Crippen LogP contribution in [0.3, 0.4) is 0 Å². The first-order valence-electron chi connectivity index (χ1n) is 5.16. The maximum Gasteiger partial charge on any atom is 0.258 e. The molecule has 0 bridgehead atoms. The molecule has 3 N–H and O–H groups in total. The molecule has 1 unspecified atom stereocenters. The predicted octanol–water partition coefficient (Wildman–Crippen LogP) is 0.327. The summed E-state index contributed by atoms with van der Waals surface area (Å²) in [5.74, 6) is -0.790. The monoisotopic (exact) mass is 277 g/mol. The lowest BCUT2D eigenvalue weighted by Crippen LogP contribution is -2.36. The second-order valence-electron chi connectivity index (χ2n) is 3.50. The first-order chi connectivity index (χ1) is 8.52. The Morgan fingerprint density at radius 3 is 2.89 bits per heavy atom. The average molecular weight is 278 g/mol. The minimum atomic E-state index is -1.01. The molecule has 5 nitrogen and oxygen atoms in total. The molecule has 1 amide bonds. The number of carbonyl (C=O) groups is 1. The summed E-state index contributed by atoms with van der Waals surface area (Å²) in [6, 6.07) is 3.55.